The van der Waals surface area contributed by atoms with Gasteiger partial charge in [-0.3, -0.25) is 0 Å². The van der Waals surface area contributed by atoms with Gasteiger partial charge in [0, 0.05) is 0 Å². The predicted octanol–water partition coefficient (Wildman–Crippen LogP) is 2.58. The first-order chi connectivity index (χ1) is 9.45. The Kier molecular flexibility index (Phi) is 3.79. The van der Waals surface area contributed by atoms with E-state index in [0.717, 1.165) is 0 Å². The monoisotopic (exact) mass is 283 g/mol. The zero-order chi connectivity index (χ0) is 12.9. The molecule has 0 saturated carbocycles. The second-order valence-electron chi connectivity index (χ2n) is 4.25. The zero-order valence-electron chi connectivity index (χ0n) is 10.6. The fourth-order valence-corrected chi connectivity index (χ4v) is 5.36. The van der Waals surface area contributed by atoms with Crippen molar-refractivity contribution in [1.82, 2.24) is 0 Å². The van der Waals surface area contributed by atoms with E-state index in [1.54, 1.807) is 0 Å². The summed E-state index contributed by atoms with van der Waals surface area (Å²) in [6.45, 7) is 0. The molecule has 0 aromatic heterocycles. The van der Waals surface area contributed by atoms with Gasteiger partial charge in [-0.2, -0.15) is 0 Å². The van der Waals surface area contributed by atoms with E-state index in [-0.39, 0.29) is 0 Å². The van der Waals surface area contributed by atoms with E-state index < -0.39 is 14.1 Å². The van der Waals surface area contributed by atoms with E-state index in [1.807, 2.05) is 0 Å². The van der Waals surface area contributed by atoms with Gasteiger partial charge >= 0.3 is 118 Å². The van der Waals surface area contributed by atoms with Crippen LogP contribution in [0.2, 0.25) is 0 Å². The van der Waals surface area contributed by atoms with Crippen molar-refractivity contribution in [3.63, 3.8) is 0 Å². The van der Waals surface area contributed by atoms with Crippen LogP contribution < -0.4 is 13.3 Å². The van der Waals surface area contributed by atoms with Crippen molar-refractivity contribution in [3.05, 3.63) is 91.0 Å². The van der Waals surface area contributed by atoms with Gasteiger partial charge in [0.25, 0.3) is 0 Å². The van der Waals surface area contributed by atoms with Gasteiger partial charge in [-0.25, -0.2) is 0 Å². The molecule has 0 nitrogen and oxygen atoms in total. The first-order valence-electron chi connectivity index (χ1n) is 6.34. The third-order valence-corrected chi connectivity index (χ3v) is 6.42. The van der Waals surface area contributed by atoms with Crippen LogP contribution in [0.3, 0.4) is 0 Å². The summed E-state index contributed by atoms with van der Waals surface area (Å²) in [5, 5.41) is 0. The maximum absolute atomic E-state index is 2.25. The molecule has 0 bridgehead atoms. The van der Waals surface area contributed by atoms with Gasteiger partial charge < -0.3 is 0 Å². The number of benzene rings is 3. The van der Waals surface area contributed by atoms with E-state index in [4.69, 9.17) is 0 Å². The third kappa shape index (κ3) is 2.79. The summed E-state index contributed by atoms with van der Waals surface area (Å²) >= 11 is -1.15. The molecular weight excluding hydrogens is 268 g/mol. The van der Waals surface area contributed by atoms with Crippen LogP contribution in [0.5, 0.6) is 0 Å². The van der Waals surface area contributed by atoms with Crippen molar-refractivity contribution in [1.29, 1.82) is 0 Å². The van der Waals surface area contributed by atoms with E-state index in [0.29, 0.717) is 0 Å². The Morgan fingerprint density at radius 2 is 0.632 bits per heavy atom. The topological polar surface area (TPSA) is 0 Å². The molecule has 0 N–H and O–H groups in total. The fraction of sp³-hybridized carbons (Fsp3) is 0. The van der Waals surface area contributed by atoms with Gasteiger partial charge in [-0.1, -0.05) is 0 Å². The van der Waals surface area contributed by atoms with Gasteiger partial charge in [0.2, 0.25) is 0 Å². The quantitative estimate of drug-likeness (QED) is 0.693. The van der Waals surface area contributed by atoms with Crippen LogP contribution in [0.1, 0.15) is 0 Å². The maximum atomic E-state index is 2.25. The Morgan fingerprint density at radius 1 is 0.368 bits per heavy atom. The molecule has 19 heavy (non-hydrogen) atoms. The van der Waals surface area contributed by atoms with Gasteiger partial charge in [0.05, 0.1) is 0 Å². The molecule has 0 aliphatic carbocycles. The number of hydrogen-bond donors (Lipinski definition) is 0. The fourth-order valence-electron chi connectivity index (χ4n) is 2.08. The summed E-state index contributed by atoms with van der Waals surface area (Å²) in [5.41, 5.74) is 0. The van der Waals surface area contributed by atoms with Crippen molar-refractivity contribution in [2.45, 2.75) is 0 Å². The summed E-state index contributed by atoms with van der Waals surface area (Å²) in [4.78, 5) is 0. The van der Waals surface area contributed by atoms with Crippen molar-refractivity contribution in [2.24, 2.45) is 0 Å². The zero-order valence-corrected chi connectivity index (χ0v) is 11.8. The van der Waals surface area contributed by atoms with Crippen molar-refractivity contribution in [2.75, 3.05) is 0 Å². The first-order valence-corrected chi connectivity index (χ1v) is 8.26. The van der Waals surface area contributed by atoms with E-state index in [2.05, 4.69) is 91.0 Å². The molecule has 0 fully saturated rings. The van der Waals surface area contributed by atoms with Crippen LogP contribution >= 0.6 is 0 Å². The summed E-state index contributed by atoms with van der Waals surface area (Å²) in [6.07, 6.45) is 0. The molecule has 1 heteroatoms. The average Bonchev–Trinajstić information content (AvgIpc) is 2.51. The van der Waals surface area contributed by atoms with Gasteiger partial charge in [-0.05, 0) is 0 Å². The second kappa shape index (κ2) is 5.89. The summed E-state index contributed by atoms with van der Waals surface area (Å²) in [5.74, 6) is 0. The Balaban J connectivity index is 2.12. The predicted molar refractivity (Wildman–Crippen MR) is 78.2 cm³/mol. The summed E-state index contributed by atoms with van der Waals surface area (Å²) < 4.78 is 4.37. The van der Waals surface area contributed by atoms with Gasteiger partial charge in [0.15, 0.2) is 0 Å². The Hall–Kier alpha value is -1.81. The van der Waals surface area contributed by atoms with Crippen LogP contribution in [0.15, 0.2) is 91.0 Å². The second-order valence-corrected chi connectivity index (χ2v) is 7.41. The molecule has 93 valence electrons. The molecule has 0 amide bonds. The molecule has 0 aliphatic heterocycles. The van der Waals surface area contributed by atoms with Crippen LogP contribution in [0.4, 0.5) is 0 Å². The molecule has 0 aliphatic rings. The molecule has 3 aromatic rings. The molecule has 0 unspecified atom stereocenters. The Bertz CT molecular complexity index is 524. The van der Waals surface area contributed by atoms with Crippen molar-refractivity contribution < 1.29 is 14.1 Å². The van der Waals surface area contributed by atoms with Crippen LogP contribution in [0, 0.1) is 0 Å². The molecule has 0 atom stereocenters. The van der Waals surface area contributed by atoms with Crippen LogP contribution in [-0.2, 0) is 14.1 Å². The standard InChI is InChI=1S/3C6H5.Cr/c3*1-2-4-6-5-3-1;/h3*1-5H;. The van der Waals surface area contributed by atoms with E-state index in [9.17, 15) is 0 Å². The van der Waals surface area contributed by atoms with E-state index in [1.165, 1.54) is 13.3 Å². The third-order valence-electron chi connectivity index (χ3n) is 2.94. The summed E-state index contributed by atoms with van der Waals surface area (Å²) in [6, 6.07) is 32.6. The Morgan fingerprint density at radius 3 is 0.895 bits per heavy atom. The van der Waals surface area contributed by atoms with Gasteiger partial charge in [0.1, 0.15) is 0 Å². The van der Waals surface area contributed by atoms with Crippen molar-refractivity contribution in [3.8, 4) is 0 Å². The molecule has 3 aromatic carbocycles. The number of hydrogen-bond acceptors (Lipinski definition) is 0. The van der Waals surface area contributed by atoms with E-state index >= 15 is 0 Å². The minimum absolute atomic E-state index is 1.15. The SMILES string of the molecule is c1cc[c]([Cr]([c]2ccccc2)[c]2ccccc2)cc1. The number of rotatable bonds is 3. The first kappa shape index (κ1) is 12.2. The molecule has 0 heterocycles. The van der Waals surface area contributed by atoms with Crippen LogP contribution in [-0.4, -0.2) is 0 Å². The molecule has 0 spiro atoms. The Labute approximate surface area is 118 Å². The van der Waals surface area contributed by atoms with Crippen molar-refractivity contribution >= 4 is 13.3 Å². The van der Waals surface area contributed by atoms with Gasteiger partial charge in [-0.15, -0.1) is 0 Å². The molecule has 3 rings (SSSR count). The minimum atomic E-state index is -1.15. The molecule has 0 saturated heterocycles. The normalized spacial score (nSPS) is 10.6. The average molecular weight is 283 g/mol. The molecule has 0 radical (unpaired) electrons. The molecular formula is C18H15Cr. The summed E-state index contributed by atoms with van der Waals surface area (Å²) in [7, 11) is 0. The van der Waals surface area contributed by atoms with Crippen LogP contribution in [0.25, 0.3) is 0 Å².